The highest BCUT2D eigenvalue weighted by Gasteiger charge is 2.36. The van der Waals surface area contributed by atoms with Crippen LogP contribution in [0, 0.1) is 17.2 Å². The highest BCUT2D eigenvalue weighted by atomic mass is 16.5. The van der Waals surface area contributed by atoms with Gasteiger partial charge in [-0.1, -0.05) is 26.7 Å². The monoisotopic (exact) mass is 210 g/mol. The Kier molecular flexibility index (Phi) is 4.56. The minimum atomic E-state index is -0.510. The Morgan fingerprint density at radius 3 is 2.47 bits per heavy atom. The third-order valence-electron chi connectivity index (χ3n) is 3.37. The van der Waals surface area contributed by atoms with E-state index in [1.165, 1.54) is 25.7 Å². The van der Waals surface area contributed by atoms with Crippen LogP contribution >= 0.6 is 0 Å². The highest BCUT2D eigenvalue weighted by Crippen LogP contribution is 2.24. The first-order valence-electron chi connectivity index (χ1n) is 5.82. The van der Waals surface area contributed by atoms with Gasteiger partial charge in [0.05, 0.1) is 12.7 Å². The van der Waals surface area contributed by atoms with E-state index in [2.05, 4.69) is 25.2 Å². The molecule has 1 rings (SSSR count). The summed E-state index contributed by atoms with van der Waals surface area (Å²) in [6.45, 7) is 4.62. The first-order chi connectivity index (χ1) is 7.14. The summed E-state index contributed by atoms with van der Waals surface area (Å²) in [6, 6.07) is 2.91. The van der Waals surface area contributed by atoms with E-state index < -0.39 is 5.54 Å². The molecule has 1 unspecified atom stereocenters. The molecule has 0 bridgehead atoms. The zero-order chi connectivity index (χ0) is 11.3. The molecular weight excluding hydrogens is 188 g/mol. The van der Waals surface area contributed by atoms with Crippen molar-refractivity contribution in [2.24, 2.45) is 5.92 Å². The van der Waals surface area contributed by atoms with E-state index in [9.17, 15) is 5.26 Å². The fourth-order valence-electron chi connectivity index (χ4n) is 2.23. The second-order valence-electron chi connectivity index (χ2n) is 4.80. The number of rotatable bonds is 5. The number of nitriles is 1. The number of hydrogen-bond donors (Lipinski definition) is 1. The normalized spacial score (nSPS) is 21.5. The van der Waals surface area contributed by atoms with Gasteiger partial charge >= 0.3 is 0 Å². The zero-order valence-electron chi connectivity index (χ0n) is 10.0. The van der Waals surface area contributed by atoms with E-state index in [1.54, 1.807) is 7.11 Å². The van der Waals surface area contributed by atoms with Gasteiger partial charge in [-0.25, -0.2) is 0 Å². The van der Waals surface area contributed by atoms with Crippen LogP contribution in [0.4, 0.5) is 0 Å². The molecule has 1 N–H and O–H groups in total. The number of hydrogen-bond acceptors (Lipinski definition) is 3. The average Bonchev–Trinajstić information content (AvgIpc) is 2.69. The topological polar surface area (TPSA) is 45.0 Å². The lowest BCUT2D eigenvalue weighted by Crippen LogP contribution is -2.55. The van der Waals surface area contributed by atoms with Crippen LogP contribution < -0.4 is 5.32 Å². The molecule has 0 spiro atoms. The SMILES string of the molecule is COCC(C#N)(NC1CCCC1)C(C)C. The largest absolute Gasteiger partial charge is 0.382 e. The van der Waals surface area contributed by atoms with Crippen molar-refractivity contribution in [2.75, 3.05) is 13.7 Å². The maximum absolute atomic E-state index is 9.35. The first-order valence-corrected chi connectivity index (χ1v) is 5.82. The van der Waals surface area contributed by atoms with E-state index in [-0.39, 0.29) is 5.92 Å². The van der Waals surface area contributed by atoms with Gasteiger partial charge in [-0.2, -0.15) is 5.26 Å². The maximum Gasteiger partial charge on any atom is 0.132 e. The molecule has 1 saturated carbocycles. The van der Waals surface area contributed by atoms with Crippen LogP contribution in [0.15, 0.2) is 0 Å². The molecule has 0 aliphatic heterocycles. The van der Waals surface area contributed by atoms with Crippen molar-refractivity contribution in [1.82, 2.24) is 5.32 Å². The molecule has 15 heavy (non-hydrogen) atoms. The third-order valence-corrected chi connectivity index (χ3v) is 3.37. The summed E-state index contributed by atoms with van der Waals surface area (Å²) in [4.78, 5) is 0. The summed E-state index contributed by atoms with van der Waals surface area (Å²) in [5, 5.41) is 12.8. The molecular formula is C12H22N2O. The predicted molar refractivity (Wildman–Crippen MR) is 60.4 cm³/mol. The quantitative estimate of drug-likeness (QED) is 0.755. The lowest BCUT2D eigenvalue weighted by Gasteiger charge is -2.34. The van der Waals surface area contributed by atoms with Crippen molar-refractivity contribution in [2.45, 2.75) is 51.1 Å². The summed E-state index contributed by atoms with van der Waals surface area (Å²) < 4.78 is 5.18. The lowest BCUT2D eigenvalue weighted by molar-refractivity contribution is 0.104. The van der Waals surface area contributed by atoms with Crippen molar-refractivity contribution in [3.8, 4) is 6.07 Å². The highest BCUT2D eigenvalue weighted by molar-refractivity contribution is 5.10. The van der Waals surface area contributed by atoms with E-state index in [0.717, 1.165) is 0 Å². The van der Waals surface area contributed by atoms with Gasteiger partial charge in [-0.05, 0) is 18.8 Å². The van der Waals surface area contributed by atoms with Gasteiger partial charge in [0.25, 0.3) is 0 Å². The van der Waals surface area contributed by atoms with Gasteiger partial charge in [-0.3, -0.25) is 5.32 Å². The standard InChI is InChI=1S/C12H22N2O/c1-10(2)12(8-13,9-15-3)14-11-6-4-5-7-11/h10-11,14H,4-7,9H2,1-3H3. The molecule has 0 aromatic carbocycles. The second-order valence-corrected chi connectivity index (χ2v) is 4.80. The van der Waals surface area contributed by atoms with Crippen LogP contribution in [0.1, 0.15) is 39.5 Å². The maximum atomic E-state index is 9.35. The zero-order valence-corrected chi connectivity index (χ0v) is 10.0. The fraction of sp³-hybridized carbons (Fsp3) is 0.917. The summed E-state index contributed by atoms with van der Waals surface area (Å²) in [5.41, 5.74) is -0.510. The Bertz CT molecular complexity index is 228. The molecule has 3 heteroatoms. The Hall–Kier alpha value is -0.590. The summed E-state index contributed by atoms with van der Waals surface area (Å²) in [6.07, 6.45) is 4.95. The molecule has 1 atom stereocenters. The smallest absolute Gasteiger partial charge is 0.132 e. The number of ether oxygens (including phenoxy) is 1. The molecule has 0 heterocycles. The van der Waals surface area contributed by atoms with E-state index in [4.69, 9.17) is 4.74 Å². The van der Waals surface area contributed by atoms with Crippen LogP contribution in [0.5, 0.6) is 0 Å². The van der Waals surface area contributed by atoms with E-state index in [0.29, 0.717) is 12.6 Å². The average molecular weight is 210 g/mol. The molecule has 3 nitrogen and oxygen atoms in total. The van der Waals surface area contributed by atoms with Crippen molar-refractivity contribution in [3.63, 3.8) is 0 Å². The Morgan fingerprint density at radius 1 is 1.47 bits per heavy atom. The Balaban J connectivity index is 2.66. The molecule has 1 aliphatic rings. The molecule has 0 aromatic rings. The van der Waals surface area contributed by atoms with Crippen LogP contribution in [0.3, 0.4) is 0 Å². The van der Waals surface area contributed by atoms with Crippen LogP contribution in [-0.2, 0) is 4.74 Å². The van der Waals surface area contributed by atoms with Crippen LogP contribution in [0.25, 0.3) is 0 Å². The number of nitrogens with one attached hydrogen (secondary N) is 1. The molecule has 0 amide bonds. The molecule has 1 fully saturated rings. The van der Waals surface area contributed by atoms with Crippen molar-refractivity contribution in [1.29, 1.82) is 5.26 Å². The number of nitrogens with zero attached hydrogens (tertiary/aromatic N) is 1. The second kappa shape index (κ2) is 5.48. The van der Waals surface area contributed by atoms with Crippen LogP contribution in [-0.4, -0.2) is 25.3 Å². The third kappa shape index (κ3) is 2.93. The number of methoxy groups -OCH3 is 1. The van der Waals surface area contributed by atoms with Gasteiger partial charge in [0.15, 0.2) is 0 Å². The van der Waals surface area contributed by atoms with Gasteiger partial charge < -0.3 is 4.74 Å². The molecule has 0 saturated heterocycles. The van der Waals surface area contributed by atoms with Crippen molar-refractivity contribution in [3.05, 3.63) is 0 Å². The van der Waals surface area contributed by atoms with Crippen molar-refractivity contribution >= 4 is 0 Å². The summed E-state index contributed by atoms with van der Waals surface area (Å²) in [7, 11) is 1.66. The van der Waals surface area contributed by atoms with Gasteiger partial charge in [0, 0.05) is 13.2 Å². The molecule has 86 valence electrons. The van der Waals surface area contributed by atoms with Crippen LogP contribution in [0.2, 0.25) is 0 Å². The van der Waals surface area contributed by atoms with E-state index in [1.807, 2.05) is 0 Å². The minimum Gasteiger partial charge on any atom is -0.382 e. The predicted octanol–water partition coefficient (Wildman–Crippen LogP) is 2.08. The first kappa shape index (κ1) is 12.5. The van der Waals surface area contributed by atoms with Crippen molar-refractivity contribution < 1.29 is 4.74 Å². The van der Waals surface area contributed by atoms with Gasteiger partial charge in [0.2, 0.25) is 0 Å². The lowest BCUT2D eigenvalue weighted by atomic mass is 9.87. The molecule has 0 aromatic heterocycles. The molecule has 1 aliphatic carbocycles. The fourth-order valence-corrected chi connectivity index (χ4v) is 2.23. The summed E-state index contributed by atoms with van der Waals surface area (Å²) >= 11 is 0. The minimum absolute atomic E-state index is 0.267. The summed E-state index contributed by atoms with van der Waals surface area (Å²) in [5.74, 6) is 0.267. The van der Waals surface area contributed by atoms with Gasteiger partial charge in [-0.15, -0.1) is 0 Å². The van der Waals surface area contributed by atoms with E-state index >= 15 is 0 Å². The Labute approximate surface area is 92.8 Å². The Morgan fingerprint density at radius 2 is 2.07 bits per heavy atom. The van der Waals surface area contributed by atoms with Gasteiger partial charge in [0.1, 0.15) is 5.54 Å². The molecule has 0 radical (unpaired) electrons.